The molecule has 0 aliphatic rings. The molecule has 2 rings (SSSR count). The molecule has 156 valence electrons. The average molecular weight is 420 g/mol. The van der Waals surface area contributed by atoms with Gasteiger partial charge in [-0.05, 0) is 44.2 Å². The van der Waals surface area contributed by atoms with Crippen LogP contribution in [0.2, 0.25) is 0 Å². The second-order valence-corrected chi connectivity index (χ2v) is 8.61. The molecule has 2 atom stereocenters. The van der Waals surface area contributed by atoms with Crippen molar-refractivity contribution in [1.29, 1.82) is 0 Å². The van der Waals surface area contributed by atoms with Gasteiger partial charge in [0.15, 0.2) is 12.2 Å². The highest BCUT2D eigenvalue weighted by molar-refractivity contribution is 7.89. The van der Waals surface area contributed by atoms with Gasteiger partial charge >= 0.3 is 5.97 Å². The van der Waals surface area contributed by atoms with Crippen molar-refractivity contribution in [2.24, 2.45) is 0 Å². The van der Waals surface area contributed by atoms with Crippen LogP contribution in [0, 0.1) is 0 Å². The van der Waals surface area contributed by atoms with Gasteiger partial charge in [0, 0.05) is 19.8 Å². The molecule has 0 saturated heterocycles. The Bertz CT molecular complexity index is 960. The summed E-state index contributed by atoms with van der Waals surface area (Å²) in [7, 11) is -0.800. The second-order valence-electron chi connectivity index (χ2n) is 6.46. The highest BCUT2D eigenvalue weighted by Crippen LogP contribution is 2.18. The van der Waals surface area contributed by atoms with Crippen LogP contribution >= 0.6 is 0 Å². The molecule has 8 nitrogen and oxygen atoms in total. The molecule has 0 spiro atoms. The number of amides is 1. The van der Waals surface area contributed by atoms with E-state index in [1.54, 1.807) is 30.3 Å². The Labute approximate surface area is 170 Å². The molecule has 0 bridgehead atoms. The third-order valence-electron chi connectivity index (χ3n) is 3.93. The zero-order chi connectivity index (χ0) is 21.6. The Balaban J connectivity index is 1.98. The quantitative estimate of drug-likeness (QED) is 0.658. The van der Waals surface area contributed by atoms with Crippen LogP contribution in [-0.4, -0.2) is 50.9 Å². The normalized spacial score (nSPS) is 13.4. The summed E-state index contributed by atoms with van der Waals surface area (Å²) in [5.41, 5.74) is 0.273. The average Bonchev–Trinajstić information content (AvgIpc) is 2.68. The lowest BCUT2D eigenvalue weighted by atomic mass is 10.3. The van der Waals surface area contributed by atoms with E-state index in [1.165, 1.54) is 46.1 Å². The maximum absolute atomic E-state index is 12.3. The fraction of sp³-hybridized carbons (Fsp3) is 0.300. The van der Waals surface area contributed by atoms with E-state index < -0.39 is 34.1 Å². The van der Waals surface area contributed by atoms with Gasteiger partial charge in [0.05, 0.1) is 4.90 Å². The fourth-order valence-corrected chi connectivity index (χ4v) is 3.21. The summed E-state index contributed by atoms with van der Waals surface area (Å²) in [4.78, 5) is 24.5. The number of rotatable bonds is 8. The molecule has 2 aromatic rings. The molecule has 0 radical (unpaired) electrons. The van der Waals surface area contributed by atoms with Gasteiger partial charge in [-0.25, -0.2) is 17.5 Å². The Morgan fingerprint density at radius 3 is 2.24 bits per heavy atom. The zero-order valence-electron chi connectivity index (χ0n) is 16.7. The van der Waals surface area contributed by atoms with Crippen LogP contribution in [0.15, 0.2) is 59.5 Å². The van der Waals surface area contributed by atoms with Crippen LogP contribution in [0.3, 0.4) is 0 Å². The van der Waals surface area contributed by atoms with E-state index in [-0.39, 0.29) is 10.6 Å². The molecule has 2 aromatic carbocycles. The van der Waals surface area contributed by atoms with Gasteiger partial charge in [-0.3, -0.25) is 4.79 Å². The lowest BCUT2D eigenvalue weighted by molar-refractivity contribution is -0.159. The largest absolute Gasteiger partial charge is 0.479 e. The molecule has 0 unspecified atom stereocenters. The minimum Gasteiger partial charge on any atom is -0.479 e. The number of nitrogens with one attached hydrogen (secondary N) is 1. The van der Waals surface area contributed by atoms with Crippen molar-refractivity contribution in [2.75, 3.05) is 19.4 Å². The number of anilines is 1. The monoisotopic (exact) mass is 420 g/mol. The van der Waals surface area contributed by atoms with Crippen LogP contribution in [0.4, 0.5) is 5.69 Å². The van der Waals surface area contributed by atoms with Crippen molar-refractivity contribution in [2.45, 2.75) is 31.0 Å². The second kappa shape index (κ2) is 9.53. The summed E-state index contributed by atoms with van der Waals surface area (Å²) < 4.78 is 36.1. The van der Waals surface area contributed by atoms with Crippen molar-refractivity contribution in [3.63, 3.8) is 0 Å². The van der Waals surface area contributed by atoms with Crippen LogP contribution in [-0.2, 0) is 24.3 Å². The predicted octanol–water partition coefficient (Wildman–Crippen LogP) is 2.27. The van der Waals surface area contributed by atoms with E-state index >= 15 is 0 Å². The van der Waals surface area contributed by atoms with Crippen molar-refractivity contribution < 1.29 is 27.5 Å². The summed E-state index contributed by atoms with van der Waals surface area (Å²) in [6.45, 7) is 2.94. The van der Waals surface area contributed by atoms with Crippen LogP contribution in [0.25, 0.3) is 0 Å². The van der Waals surface area contributed by atoms with Gasteiger partial charge in [-0.1, -0.05) is 24.3 Å². The molecule has 0 aliphatic carbocycles. The van der Waals surface area contributed by atoms with Gasteiger partial charge < -0.3 is 14.8 Å². The molecule has 9 heteroatoms. The van der Waals surface area contributed by atoms with Gasteiger partial charge in [-0.2, -0.15) is 0 Å². The first-order valence-corrected chi connectivity index (χ1v) is 10.3. The third kappa shape index (κ3) is 6.03. The summed E-state index contributed by atoms with van der Waals surface area (Å²) in [5.74, 6) is -0.780. The van der Waals surface area contributed by atoms with E-state index in [4.69, 9.17) is 9.47 Å². The van der Waals surface area contributed by atoms with E-state index in [0.717, 1.165) is 4.31 Å². The highest BCUT2D eigenvalue weighted by Gasteiger charge is 2.24. The topological polar surface area (TPSA) is 102 Å². The number of esters is 1. The van der Waals surface area contributed by atoms with Crippen molar-refractivity contribution in [3.05, 3.63) is 54.6 Å². The number of hydrogen-bond donors (Lipinski definition) is 1. The molecule has 1 N–H and O–H groups in total. The Morgan fingerprint density at radius 2 is 1.62 bits per heavy atom. The first kappa shape index (κ1) is 22.4. The smallest absolute Gasteiger partial charge is 0.347 e. The van der Waals surface area contributed by atoms with Gasteiger partial charge in [0.25, 0.3) is 5.91 Å². The lowest BCUT2D eigenvalue weighted by Crippen LogP contribution is -2.35. The maximum atomic E-state index is 12.3. The number of para-hydroxylation sites is 1. The fourth-order valence-electron chi connectivity index (χ4n) is 2.26. The number of sulfonamides is 1. The Morgan fingerprint density at radius 1 is 0.966 bits per heavy atom. The maximum Gasteiger partial charge on any atom is 0.347 e. The Kier molecular flexibility index (Phi) is 7.35. The Hall–Kier alpha value is -2.91. The molecule has 0 aliphatic heterocycles. The highest BCUT2D eigenvalue weighted by atomic mass is 32.2. The number of nitrogens with zero attached hydrogens (tertiary/aromatic N) is 1. The number of carbonyl (C=O) groups excluding carboxylic acids is 2. The summed E-state index contributed by atoms with van der Waals surface area (Å²) >= 11 is 0. The molecule has 29 heavy (non-hydrogen) atoms. The minimum absolute atomic E-state index is 0.0369. The van der Waals surface area contributed by atoms with Gasteiger partial charge in [-0.15, -0.1) is 0 Å². The van der Waals surface area contributed by atoms with E-state index in [0.29, 0.717) is 5.75 Å². The number of carbonyl (C=O) groups is 2. The number of ether oxygens (including phenoxy) is 2. The standard InChI is InChI=1S/C20H24N2O6S/c1-14(28-20(24)15(2)27-17-10-6-5-7-11-17)19(23)21-16-9-8-12-18(13-16)29(25,26)22(3)4/h5-15H,1-4H3,(H,21,23)/t14-,15+/m0/s1. The molecule has 0 aromatic heterocycles. The summed E-state index contributed by atoms with van der Waals surface area (Å²) in [6, 6.07) is 14.6. The molecule has 0 saturated carbocycles. The van der Waals surface area contributed by atoms with Crippen LogP contribution in [0.1, 0.15) is 13.8 Å². The summed E-state index contributed by atoms with van der Waals surface area (Å²) in [5, 5.41) is 2.55. The molecule has 0 fully saturated rings. The van der Waals surface area contributed by atoms with Gasteiger partial charge in [0.1, 0.15) is 5.75 Å². The van der Waals surface area contributed by atoms with Crippen LogP contribution in [0.5, 0.6) is 5.75 Å². The van der Waals surface area contributed by atoms with Crippen molar-refractivity contribution in [1.82, 2.24) is 4.31 Å². The lowest BCUT2D eigenvalue weighted by Gasteiger charge is -2.18. The molecule has 0 heterocycles. The van der Waals surface area contributed by atoms with Gasteiger partial charge in [0.2, 0.25) is 10.0 Å². The summed E-state index contributed by atoms with van der Waals surface area (Å²) in [6.07, 6.45) is -2.00. The van der Waals surface area contributed by atoms with E-state index in [9.17, 15) is 18.0 Å². The van der Waals surface area contributed by atoms with Crippen LogP contribution < -0.4 is 10.1 Å². The minimum atomic E-state index is -3.64. The van der Waals surface area contributed by atoms with Crippen molar-refractivity contribution in [3.8, 4) is 5.75 Å². The van der Waals surface area contributed by atoms with E-state index in [2.05, 4.69) is 5.32 Å². The number of hydrogen-bond acceptors (Lipinski definition) is 6. The first-order chi connectivity index (χ1) is 13.6. The molecular formula is C20H24N2O6S. The SMILES string of the molecule is C[C@H](OC(=O)[C@@H](C)Oc1ccccc1)C(=O)Nc1cccc(S(=O)(=O)N(C)C)c1. The predicted molar refractivity (Wildman–Crippen MR) is 108 cm³/mol. The van der Waals surface area contributed by atoms with Crippen molar-refractivity contribution >= 4 is 27.6 Å². The molecular weight excluding hydrogens is 396 g/mol. The third-order valence-corrected chi connectivity index (χ3v) is 5.74. The molecule has 1 amide bonds. The van der Waals surface area contributed by atoms with E-state index in [1.807, 2.05) is 6.07 Å². The first-order valence-electron chi connectivity index (χ1n) is 8.87. The zero-order valence-corrected chi connectivity index (χ0v) is 17.5. The number of benzene rings is 2.